The summed E-state index contributed by atoms with van der Waals surface area (Å²) in [6, 6.07) is 0. The van der Waals surface area contributed by atoms with Crippen molar-refractivity contribution in [3.8, 4) is 5.92 Å². The molecular weight excluding hydrogens is 324 g/mol. The molecule has 0 aromatic heterocycles. The van der Waals surface area contributed by atoms with Crippen molar-refractivity contribution in [2.75, 3.05) is 0 Å². The van der Waals surface area contributed by atoms with Crippen molar-refractivity contribution >= 4 is 0 Å². The molecule has 0 atom stereocenters. The lowest BCUT2D eigenvalue weighted by atomic mass is 10.0. The molecule has 0 heterocycles. The molecule has 0 aliphatic rings. The first kappa shape index (κ1) is 26.6. The van der Waals surface area contributed by atoms with E-state index in [9.17, 15) is 0 Å². The maximum atomic E-state index is 6.88. The fourth-order valence-electron chi connectivity index (χ4n) is 4.00. The van der Waals surface area contributed by atoms with Crippen LogP contribution < -0.4 is 0 Å². The topological polar surface area (TPSA) is 0 Å². The fraction of sp³-hybridized carbons (Fsp3) is 0.926. The number of hydrogen-bond donors (Lipinski definition) is 0. The zero-order valence-corrected chi connectivity index (χ0v) is 19.0. The van der Waals surface area contributed by atoms with E-state index in [1.807, 2.05) is 0 Å². The molecular formula is C27H51. The first-order valence-corrected chi connectivity index (χ1v) is 12.8. The summed E-state index contributed by atoms with van der Waals surface area (Å²) >= 11 is 0. The smallest absolute Gasteiger partial charge is 0.00989 e. The molecule has 0 aliphatic carbocycles. The molecule has 0 fully saturated rings. The highest BCUT2D eigenvalue weighted by Crippen LogP contribution is 2.15. The van der Waals surface area contributed by atoms with Crippen LogP contribution in [0.4, 0.5) is 0 Å². The van der Waals surface area contributed by atoms with Gasteiger partial charge in [0.25, 0.3) is 0 Å². The lowest BCUT2D eigenvalue weighted by Gasteiger charge is -2.04. The minimum absolute atomic E-state index is 0.860. The van der Waals surface area contributed by atoms with Crippen molar-refractivity contribution < 1.29 is 0 Å². The molecule has 0 aromatic carbocycles. The molecule has 27 heavy (non-hydrogen) atoms. The van der Waals surface area contributed by atoms with E-state index in [0.29, 0.717) is 0 Å². The molecule has 0 spiro atoms. The molecule has 0 amide bonds. The van der Waals surface area contributed by atoms with Crippen molar-refractivity contribution in [2.45, 2.75) is 161 Å². The third-order valence-corrected chi connectivity index (χ3v) is 5.91. The molecule has 0 nitrogen and oxygen atoms in total. The summed E-state index contributed by atoms with van der Waals surface area (Å²) in [5.74, 6) is 2.48. The highest BCUT2D eigenvalue weighted by Gasteiger charge is 1.95. The number of rotatable bonds is 23. The van der Waals surface area contributed by atoms with Gasteiger partial charge < -0.3 is 0 Å². The van der Waals surface area contributed by atoms with Crippen molar-refractivity contribution in [1.29, 1.82) is 0 Å². The zero-order valence-electron chi connectivity index (χ0n) is 19.0. The molecule has 159 valence electrons. The summed E-state index contributed by atoms with van der Waals surface area (Å²) in [6.45, 7) is 2.30. The first-order valence-electron chi connectivity index (χ1n) is 12.8. The van der Waals surface area contributed by atoms with Gasteiger partial charge in [0.05, 0.1) is 0 Å². The Bertz CT molecular complexity index is 285. The molecule has 0 N–H and O–H groups in total. The summed E-state index contributed by atoms with van der Waals surface area (Å²) in [6.07, 6.45) is 40.7. The van der Waals surface area contributed by atoms with E-state index in [1.165, 1.54) is 148 Å². The molecule has 0 aliphatic heterocycles. The molecule has 0 unspecified atom stereocenters. The maximum Gasteiger partial charge on any atom is 0.00989 e. The summed E-state index contributed by atoms with van der Waals surface area (Å²) in [4.78, 5) is 0. The Labute approximate surface area is 173 Å². The SMILES string of the molecule is [C]#CCCCCCCCCCCCCCCCCCCCCCCCCC. The first-order chi connectivity index (χ1) is 13.4. The number of unbranched alkanes of at least 4 members (excludes halogenated alkanes) is 23. The molecule has 1 radical (unpaired) electrons. The van der Waals surface area contributed by atoms with Crippen LogP contribution in [0.3, 0.4) is 0 Å². The van der Waals surface area contributed by atoms with Crippen LogP contribution >= 0.6 is 0 Å². The van der Waals surface area contributed by atoms with Crippen LogP contribution in [-0.2, 0) is 0 Å². The van der Waals surface area contributed by atoms with E-state index in [4.69, 9.17) is 6.42 Å². The average molecular weight is 376 g/mol. The van der Waals surface area contributed by atoms with E-state index in [-0.39, 0.29) is 0 Å². The van der Waals surface area contributed by atoms with E-state index < -0.39 is 0 Å². The zero-order chi connectivity index (χ0) is 19.7. The van der Waals surface area contributed by atoms with Crippen LogP contribution in [0.5, 0.6) is 0 Å². The Morgan fingerprint density at radius 3 is 0.815 bits per heavy atom. The summed E-state index contributed by atoms with van der Waals surface area (Å²) < 4.78 is 0. The van der Waals surface area contributed by atoms with Crippen molar-refractivity contribution in [3.63, 3.8) is 0 Å². The van der Waals surface area contributed by atoms with Crippen LogP contribution in [0, 0.1) is 12.3 Å². The van der Waals surface area contributed by atoms with Crippen LogP contribution in [0.15, 0.2) is 0 Å². The van der Waals surface area contributed by atoms with Gasteiger partial charge in [-0.15, -0.1) is 0 Å². The van der Waals surface area contributed by atoms with Gasteiger partial charge in [0.15, 0.2) is 0 Å². The second-order valence-corrected chi connectivity index (χ2v) is 8.70. The van der Waals surface area contributed by atoms with E-state index in [0.717, 1.165) is 6.42 Å². The van der Waals surface area contributed by atoms with Gasteiger partial charge in [0.2, 0.25) is 0 Å². The van der Waals surface area contributed by atoms with E-state index in [1.54, 1.807) is 0 Å². The second kappa shape index (κ2) is 25.6. The van der Waals surface area contributed by atoms with Crippen LogP contribution in [0.2, 0.25) is 0 Å². The maximum absolute atomic E-state index is 6.88. The van der Waals surface area contributed by atoms with Crippen LogP contribution in [0.1, 0.15) is 161 Å². The van der Waals surface area contributed by atoms with Crippen LogP contribution in [-0.4, -0.2) is 0 Å². The van der Waals surface area contributed by atoms with Gasteiger partial charge >= 0.3 is 0 Å². The Morgan fingerprint density at radius 2 is 0.593 bits per heavy atom. The van der Waals surface area contributed by atoms with E-state index >= 15 is 0 Å². The largest absolute Gasteiger partial charge is 0.0891 e. The van der Waals surface area contributed by atoms with Gasteiger partial charge in [0.1, 0.15) is 0 Å². The normalized spacial score (nSPS) is 11.0. The summed E-state index contributed by atoms with van der Waals surface area (Å²) in [5, 5.41) is 0. The van der Waals surface area contributed by atoms with Crippen molar-refractivity contribution in [1.82, 2.24) is 0 Å². The Kier molecular flexibility index (Phi) is 25.1. The van der Waals surface area contributed by atoms with Gasteiger partial charge in [-0.2, -0.15) is 0 Å². The van der Waals surface area contributed by atoms with Gasteiger partial charge in [0, 0.05) is 6.42 Å². The minimum Gasteiger partial charge on any atom is -0.0891 e. The predicted octanol–water partition coefficient (Wildman–Crippen LogP) is 9.96. The monoisotopic (exact) mass is 375 g/mol. The minimum atomic E-state index is 0.860. The van der Waals surface area contributed by atoms with Crippen LogP contribution in [0.25, 0.3) is 0 Å². The van der Waals surface area contributed by atoms with Crippen molar-refractivity contribution in [3.05, 3.63) is 6.42 Å². The third kappa shape index (κ3) is 25.6. The summed E-state index contributed by atoms with van der Waals surface area (Å²) in [7, 11) is 0. The highest BCUT2D eigenvalue weighted by molar-refractivity contribution is 4.74. The third-order valence-electron chi connectivity index (χ3n) is 5.91. The standard InChI is InChI=1S/C27H51/c1-3-5-7-9-11-13-15-17-19-21-23-25-27-26-24-22-20-18-16-14-12-10-8-6-4-2/h3,5-27H2,1H3. The molecule has 0 bridgehead atoms. The molecule has 0 aromatic rings. The summed E-state index contributed by atoms with van der Waals surface area (Å²) in [5.41, 5.74) is 0. The fourth-order valence-corrected chi connectivity index (χ4v) is 4.00. The van der Waals surface area contributed by atoms with Gasteiger partial charge in [-0.1, -0.05) is 154 Å². The number of hydrogen-bond acceptors (Lipinski definition) is 0. The highest BCUT2D eigenvalue weighted by atomic mass is 14.0. The predicted molar refractivity (Wildman–Crippen MR) is 124 cm³/mol. The van der Waals surface area contributed by atoms with Gasteiger partial charge in [-0.05, 0) is 12.8 Å². The quantitative estimate of drug-likeness (QED) is 0.123. The average Bonchev–Trinajstić information content (AvgIpc) is 2.68. The lowest BCUT2D eigenvalue weighted by Crippen LogP contribution is -1.84. The molecule has 0 heteroatoms. The second-order valence-electron chi connectivity index (χ2n) is 8.70. The Morgan fingerprint density at radius 1 is 0.370 bits per heavy atom. The molecule has 0 rings (SSSR count). The molecule has 0 saturated heterocycles. The Hall–Kier alpha value is -0.440. The van der Waals surface area contributed by atoms with Gasteiger partial charge in [-0.25, -0.2) is 0 Å². The Balaban J connectivity index is 2.96. The molecule has 0 saturated carbocycles. The van der Waals surface area contributed by atoms with E-state index in [2.05, 4.69) is 12.8 Å². The van der Waals surface area contributed by atoms with Gasteiger partial charge in [-0.3, -0.25) is 0 Å². The lowest BCUT2D eigenvalue weighted by molar-refractivity contribution is 0.518. The van der Waals surface area contributed by atoms with Crippen molar-refractivity contribution in [2.24, 2.45) is 0 Å².